The lowest BCUT2D eigenvalue weighted by molar-refractivity contribution is 0.586. The van der Waals surface area contributed by atoms with E-state index in [-0.39, 0.29) is 0 Å². The fraction of sp³-hybridized carbons (Fsp3) is 0.100. The molecule has 0 aliphatic heterocycles. The summed E-state index contributed by atoms with van der Waals surface area (Å²) in [5.41, 5.74) is 5.03. The molecule has 4 aromatic rings. The molecule has 24 heavy (non-hydrogen) atoms. The molecule has 0 N–H and O–H groups in total. The summed E-state index contributed by atoms with van der Waals surface area (Å²) in [7, 11) is 0. The van der Waals surface area contributed by atoms with Crippen LogP contribution >= 0.6 is 11.3 Å². The van der Waals surface area contributed by atoms with Gasteiger partial charge in [-0.05, 0) is 26.0 Å². The Labute approximate surface area is 144 Å². The van der Waals surface area contributed by atoms with Crippen molar-refractivity contribution in [2.45, 2.75) is 13.8 Å². The molecular formula is C20H16N2OS. The molecule has 0 aliphatic carbocycles. The Balaban J connectivity index is 1.70. The molecule has 0 atom stereocenters. The Kier molecular flexibility index (Phi) is 3.75. The van der Waals surface area contributed by atoms with Crippen LogP contribution in [0, 0.1) is 13.8 Å². The predicted octanol–water partition coefficient (Wildman–Crippen LogP) is 5.75. The van der Waals surface area contributed by atoms with E-state index in [2.05, 4.69) is 36.2 Å². The lowest BCUT2D eigenvalue weighted by atomic mass is 10.2. The van der Waals surface area contributed by atoms with Crippen LogP contribution in [0.5, 0.6) is 0 Å². The van der Waals surface area contributed by atoms with Crippen LogP contribution in [-0.2, 0) is 0 Å². The van der Waals surface area contributed by atoms with E-state index in [1.165, 1.54) is 5.56 Å². The Morgan fingerprint density at radius 3 is 2.33 bits per heavy atom. The minimum Gasteiger partial charge on any atom is -0.434 e. The summed E-state index contributed by atoms with van der Waals surface area (Å²) in [6, 6.07) is 18.3. The molecule has 0 saturated carbocycles. The van der Waals surface area contributed by atoms with Crippen molar-refractivity contribution in [2.75, 3.05) is 0 Å². The average Bonchev–Trinajstić information content (AvgIpc) is 3.23. The van der Waals surface area contributed by atoms with E-state index in [1.54, 1.807) is 11.3 Å². The van der Waals surface area contributed by atoms with E-state index in [9.17, 15) is 0 Å². The van der Waals surface area contributed by atoms with Gasteiger partial charge in [0.1, 0.15) is 10.7 Å². The summed E-state index contributed by atoms with van der Waals surface area (Å²) >= 11 is 1.62. The van der Waals surface area contributed by atoms with Crippen molar-refractivity contribution in [2.24, 2.45) is 0 Å². The molecule has 118 valence electrons. The van der Waals surface area contributed by atoms with Crippen LogP contribution in [0.2, 0.25) is 0 Å². The van der Waals surface area contributed by atoms with Crippen molar-refractivity contribution >= 4 is 11.3 Å². The van der Waals surface area contributed by atoms with Crippen LogP contribution in [0.25, 0.3) is 33.5 Å². The van der Waals surface area contributed by atoms with E-state index in [0.29, 0.717) is 5.89 Å². The van der Waals surface area contributed by atoms with E-state index in [1.807, 2.05) is 42.6 Å². The number of hydrogen-bond donors (Lipinski definition) is 0. The zero-order chi connectivity index (χ0) is 16.5. The highest BCUT2D eigenvalue weighted by atomic mass is 32.1. The molecule has 3 nitrogen and oxygen atoms in total. The predicted molar refractivity (Wildman–Crippen MR) is 98.0 cm³/mol. The van der Waals surface area contributed by atoms with Crippen LogP contribution in [0.15, 0.2) is 64.4 Å². The third-order valence-corrected chi connectivity index (χ3v) is 4.74. The van der Waals surface area contributed by atoms with Gasteiger partial charge in [-0.15, -0.1) is 11.3 Å². The third-order valence-electron chi connectivity index (χ3n) is 3.85. The van der Waals surface area contributed by atoms with E-state index >= 15 is 0 Å². The number of benzene rings is 2. The van der Waals surface area contributed by atoms with Crippen LogP contribution in [0.3, 0.4) is 0 Å². The SMILES string of the molecule is Cc1ccc(-c2nc(-c3oc(-c4ccccc4)nc3C)cs2)cc1. The molecule has 0 radical (unpaired) electrons. The number of aryl methyl sites for hydroxylation is 2. The first-order chi connectivity index (χ1) is 11.7. The molecule has 4 heteroatoms. The van der Waals surface area contributed by atoms with Gasteiger partial charge >= 0.3 is 0 Å². The van der Waals surface area contributed by atoms with Gasteiger partial charge < -0.3 is 4.42 Å². The molecule has 0 saturated heterocycles. The van der Waals surface area contributed by atoms with Gasteiger partial charge in [-0.3, -0.25) is 0 Å². The standard InChI is InChI=1S/C20H16N2OS/c1-13-8-10-16(11-9-13)20-22-17(12-24-20)18-14(2)21-19(23-18)15-6-4-3-5-7-15/h3-12H,1-2H3. The zero-order valence-corrected chi connectivity index (χ0v) is 14.3. The molecule has 0 bridgehead atoms. The summed E-state index contributed by atoms with van der Waals surface area (Å²) in [5, 5.41) is 3.01. The molecular weight excluding hydrogens is 316 g/mol. The first-order valence-corrected chi connectivity index (χ1v) is 8.64. The minimum absolute atomic E-state index is 0.632. The van der Waals surface area contributed by atoms with Crippen molar-refractivity contribution < 1.29 is 4.42 Å². The fourth-order valence-electron chi connectivity index (χ4n) is 2.55. The fourth-order valence-corrected chi connectivity index (χ4v) is 3.35. The lowest BCUT2D eigenvalue weighted by Gasteiger charge is -1.97. The lowest BCUT2D eigenvalue weighted by Crippen LogP contribution is -1.81. The molecule has 0 amide bonds. The summed E-state index contributed by atoms with van der Waals surface area (Å²) in [5.74, 6) is 1.37. The molecule has 2 heterocycles. The molecule has 0 fully saturated rings. The smallest absolute Gasteiger partial charge is 0.227 e. The summed E-state index contributed by atoms with van der Waals surface area (Å²) in [6.07, 6.45) is 0. The minimum atomic E-state index is 0.632. The zero-order valence-electron chi connectivity index (χ0n) is 13.5. The molecule has 0 aliphatic rings. The molecule has 0 spiro atoms. The normalized spacial score (nSPS) is 10.9. The molecule has 0 unspecified atom stereocenters. The highest BCUT2D eigenvalue weighted by molar-refractivity contribution is 7.13. The Hall–Kier alpha value is -2.72. The monoisotopic (exact) mass is 332 g/mol. The van der Waals surface area contributed by atoms with Gasteiger partial charge in [0, 0.05) is 16.5 Å². The number of thiazole rings is 1. The Bertz CT molecular complexity index is 969. The number of nitrogens with zero attached hydrogens (tertiary/aromatic N) is 2. The van der Waals surface area contributed by atoms with Crippen molar-refractivity contribution in [1.29, 1.82) is 0 Å². The quantitative estimate of drug-likeness (QED) is 0.479. The van der Waals surface area contributed by atoms with Crippen LogP contribution in [0.4, 0.5) is 0 Å². The largest absolute Gasteiger partial charge is 0.434 e. The summed E-state index contributed by atoms with van der Waals surface area (Å²) in [6.45, 7) is 4.04. The van der Waals surface area contributed by atoms with Gasteiger partial charge in [0.05, 0.1) is 5.69 Å². The van der Waals surface area contributed by atoms with E-state index < -0.39 is 0 Å². The number of rotatable bonds is 3. The van der Waals surface area contributed by atoms with Crippen molar-refractivity contribution in [3.05, 3.63) is 71.2 Å². The first-order valence-electron chi connectivity index (χ1n) is 7.76. The summed E-state index contributed by atoms with van der Waals surface area (Å²) in [4.78, 5) is 9.28. The van der Waals surface area contributed by atoms with Gasteiger partial charge in [-0.25, -0.2) is 9.97 Å². The highest BCUT2D eigenvalue weighted by Crippen LogP contribution is 2.33. The van der Waals surface area contributed by atoms with E-state index in [4.69, 9.17) is 9.40 Å². The Morgan fingerprint density at radius 1 is 0.833 bits per heavy atom. The summed E-state index contributed by atoms with van der Waals surface area (Å²) < 4.78 is 5.99. The maximum absolute atomic E-state index is 5.99. The second kappa shape index (κ2) is 6.06. The van der Waals surface area contributed by atoms with Gasteiger partial charge in [-0.1, -0.05) is 48.0 Å². The third kappa shape index (κ3) is 2.76. The second-order valence-electron chi connectivity index (χ2n) is 5.70. The van der Waals surface area contributed by atoms with Gasteiger partial charge in [0.15, 0.2) is 5.76 Å². The van der Waals surface area contributed by atoms with Gasteiger partial charge in [0.2, 0.25) is 5.89 Å². The van der Waals surface area contributed by atoms with E-state index in [0.717, 1.165) is 33.3 Å². The highest BCUT2D eigenvalue weighted by Gasteiger charge is 2.16. The maximum Gasteiger partial charge on any atom is 0.227 e. The number of hydrogen-bond acceptors (Lipinski definition) is 4. The van der Waals surface area contributed by atoms with Crippen LogP contribution < -0.4 is 0 Å². The molecule has 4 rings (SSSR count). The molecule has 2 aromatic carbocycles. The van der Waals surface area contributed by atoms with Crippen LogP contribution in [-0.4, -0.2) is 9.97 Å². The van der Waals surface area contributed by atoms with Crippen molar-refractivity contribution in [3.63, 3.8) is 0 Å². The first kappa shape index (κ1) is 14.8. The maximum atomic E-state index is 5.99. The topological polar surface area (TPSA) is 38.9 Å². The van der Waals surface area contributed by atoms with Gasteiger partial charge in [-0.2, -0.15) is 0 Å². The van der Waals surface area contributed by atoms with Crippen LogP contribution in [0.1, 0.15) is 11.3 Å². The molecule has 2 aromatic heterocycles. The second-order valence-corrected chi connectivity index (χ2v) is 6.56. The average molecular weight is 332 g/mol. The number of aromatic nitrogens is 2. The number of oxazole rings is 1. The van der Waals surface area contributed by atoms with Crippen molar-refractivity contribution in [1.82, 2.24) is 9.97 Å². The Morgan fingerprint density at radius 2 is 1.58 bits per heavy atom. The van der Waals surface area contributed by atoms with Crippen molar-refractivity contribution in [3.8, 4) is 33.5 Å². The van der Waals surface area contributed by atoms with Gasteiger partial charge in [0.25, 0.3) is 0 Å².